The second-order valence-electron chi connectivity index (χ2n) is 10.3. The molecule has 1 aliphatic carbocycles. The van der Waals surface area contributed by atoms with Gasteiger partial charge in [0.2, 0.25) is 0 Å². The summed E-state index contributed by atoms with van der Waals surface area (Å²) < 4.78 is 0. The average Bonchev–Trinajstić information content (AvgIpc) is 3.26. The monoisotopic (exact) mass is 333 g/mol. The Balaban J connectivity index is 1.19. The van der Waals surface area contributed by atoms with Crippen LogP contribution in [0.25, 0.3) is 0 Å². The number of hydrogen-bond donors (Lipinski definition) is 0. The molecule has 1 saturated carbocycles. The van der Waals surface area contributed by atoms with Crippen LogP contribution in [-0.4, -0.2) is 73.6 Å². The Morgan fingerprint density at radius 2 is 1.46 bits per heavy atom. The molecule has 0 atom stereocenters. The maximum atomic E-state index is 2.84. The van der Waals surface area contributed by atoms with E-state index in [4.69, 9.17) is 0 Å². The van der Waals surface area contributed by atoms with Gasteiger partial charge in [-0.05, 0) is 94.9 Å². The van der Waals surface area contributed by atoms with E-state index in [1.54, 1.807) is 0 Å². The van der Waals surface area contributed by atoms with Crippen molar-refractivity contribution in [2.75, 3.05) is 52.9 Å². The van der Waals surface area contributed by atoms with Crippen LogP contribution < -0.4 is 0 Å². The molecule has 3 nitrogen and oxygen atoms in total. The molecule has 4 aliphatic rings. The van der Waals surface area contributed by atoms with E-state index in [0.717, 1.165) is 17.4 Å². The van der Waals surface area contributed by atoms with E-state index in [1.807, 2.05) is 0 Å². The van der Waals surface area contributed by atoms with Gasteiger partial charge in [0.1, 0.15) is 0 Å². The Labute approximate surface area is 149 Å². The molecular weight excluding hydrogens is 294 g/mol. The summed E-state index contributed by atoms with van der Waals surface area (Å²) in [6.45, 7) is 14.3. The second-order valence-corrected chi connectivity index (χ2v) is 10.3. The number of rotatable bonds is 5. The van der Waals surface area contributed by atoms with Crippen molar-refractivity contribution in [3.05, 3.63) is 0 Å². The van der Waals surface area contributed by atoms with Crippen LogP contribution in [0, 0.1) is 16.7 Å². The fourth-order valence-electron chi connectivity index (χ4n) is 5.80. The highest BCUT2D eigenvalue weighted by molar-refractivity contribution is 5.01. The van der Waals surface area contributed by atoms with Crippen LogP contribution in [0.2, 0.25) is 0 Å². The lowest BCUT2D eigenvalue weighted by molar-refractivity contribution is -0.0279. The molecule has 0 bridgehead atoms. The molecule has 0 unspecified atom stereocenters. The van der Waals surface area contributed by atoms with Crippen molar-refractivity contribution in [1.82, 2.24) is 14.7 Å². The Bertz CT molecular complexity index is 418. The largest absolute Gasteiger partial charge is 0.306 e. The van der Waals surface area contributed by atoms with Crippen molar-refractivity contribution in [2.45, 2.75) is 64.8 Å². The van der Waals surface area contributed by atoms with Gasteiger partial charge in [0.15, 0.2) is 0 Å². The van der Waals surface area contributed by atoms with Gasteiger partial charge in [-0.25, -0.2) is 0 Å². The van der Waals surface area contributed by atoms with Gasteiger partial charge >= 0.3 is 0 Å². The summed E-state index contributed by atoms with van der Waals surface area (Å²) in [6, 6.07) is 0.878. The summed E-state index contributed by atoms with van der Waals surface area (Å²) >= 11 is 0. The van der Waals surface area contributed by atoms with Gasteiger partial charge in [-0.2, -0.15) is 0 Å². The van der Waals surface area contributed by atoms with Crippen molar-refractivity contribution < 1.29 is 0 Å². The molecule has 3 heteroatoms. The Morgan fingerprint density at radius 3 is 2.00 bits per heavy atom. The van der Waals surface area contributed by atoms with Gasteiger partial charge in [0.25, 0.3) is 0 Å². The molecule has 138 valence electrons. The van der Waals surface area contributed by atoms with Gasteiger partial charge in [-0.1, -0.05) is 13.8 Å². The van der Waals surface area contributed by atoms with Gasteiger partial charge in [0, 0.05) is 25.7 Å². The van der Waals surface area contributed by atoms with Crippen LogP contribution >= 0.6 is 0 Å². The van der Waals surface area contributed by atoms with Crippen LogP contribution in [0.15, 0.2) is 0 Å². The lowest BCUT2D eigenvalue weighted by Gasteiger charge is -2.52. The van der Waals surface area contributed by atoms with Crippen molar-refractivity contribution in [1.29, 1.82) is 0 Å². The number of likely N-dealkylation sites (tertiary alicyclic amines) is 3. The predicted octanol–water partition coefficient (Wildman–Crippen LogP) is 3.30. The molecule has 0 radical (unpaired) electrons. The predicted molar refractivity (Wildman–Crippen MR) is 101 cm³/mol. The number of piperidine rings is 2. The Morgan fingerprint density at radius 1 is 0.875 bits per heavy atom. The van der Waals surface area contributed by atoms with E-state index in [9.17, 15) is 0 Å². The van der Waals surface area contributed by atoms with E-state index >= 15 is 0 Å². The minimum absolute atomic E-state index is 0.710. The van der Waals surface area contributed by atoms with Crippen molar-refractivity contribution in [2.24, 2.45) is 16.7 Å². The Kier molecular flexibility index (Phi) is 4.73. The summed E-state index contributed by atoms with van der Waals surface area (Å²) in [7, 11) is 2.29. The third kappa shape index (κ3) is 3.68. The smallest absolute Gasteiger partial charge is 0.0350 e. The first-order chi connectivity index (χ1) is 11.5. The molecule has 0 N–H and O–H groups in total. The second kappa shape index (κ2) is 6.55. The van der Waals surface area contributed by atoms with Crippen LogP contribution in [0.1, 0.15) is 58.8 Å². The zero-order valence-corrected chi connectivity index (χ0v) is 16.4. The molecular formula is C21H39N3. The van der Waals surface area contributed by atoms with Crippen LogP contribution in [0.4, 0.5) is 0 Å². The molecule has 0 aromatic heterocycles. The molecule has 3 aliphatic heterocycles. The number of nitrogens with zero attached hydrogens (tertiary/aromatic N) is 3. The highest BCUT2D eigenvalue weighted by atomic mass is 15.3. The van der Waals surface area contributed by atoms with Crippen LogP contribution in [0.5, 0.6) is 0 Å². The average molecular weight is 334 g/mol. The van der Waals surface area contributed by atoms with E-state index in [0.29, 0.717) is 5.41 Å². The third-order valence-corrected chi connectivity index (χ3v) is 7.72. The van der Waals surface area contributed by atoms with Crippen molar-refractivity contribution >= 4 is 0 Å². The van der Waals surface area contributed by atoms with Crippen LogP contribution in [-0.2, 0) is 0 Å². The molecule has 0 aromatic carbocycles. The quantitative estimate of drug-likeness (QED) is 0.764. The summed E-state index contributed by atoms with van der Waals surface area (Å²) in [5.74, 6) is 0.873. The molecule has 0 aromatic rings. The summed E-state index contributed by atoms with van der Waals surface area (Å²) in [5, 5.41) is 0. The maximum Gasteiger partial charge on any atom is 0.0350 e. The first-order valence-electron chi connectivity index (χ1n) is 10.6. The molecule has 24 heavy (non-hydrogen) atoms. The summed E-state index contributed by atoms with van der Waals surface area (Å²) in [6.07, 6.45) is 10.3. The topological polar surface area (TPSA) is 9.72 Å². The number of hydrogen-bond acceptors (Lipinski definition) is 3. The summed E-state index contributed by atoms with van der Waals surface area (Å²) in [4.78, 5) is 8.12. The zero-order valence-electron chi connectivity index (χ0n) is 16.4. The first-order valence-corrected chi connectivity index (χ1v) is 10.6. The van der Waals surface area contributed by atoms with E-state index in [2.05, 4.69) is 35.6 Å². The van der Waals surface area contributed by atoms with E-state index < -0.39 is 0 Å². The lowest BCUT2D eigenvalue weighted by Crippen LogP contribution is -2.62. The van der Waals surface area contributed by atoms with E-state index in [-0.39, 0.29) is 0 Å². The van der Waals surface area contributed by atoms with Gasteiger partial charge in [-0.15, -0.1) is 0 Å². The standard InChI is InChI=1S/C21H39N3/c1-18(2)14-21(4-5-21)17-23-15-19(16-23)24-12-8-20(9-13-24)6-10-22(3)11-7-20/h18-19H,4-17H2,1-3H3. The minimum Gasteiger partial charge on any atom is -0.306 e. The SMILES string of the molecule is CC(C)CC1(CN2CC(N3CCC4(CCN(C)CC4)CC3)C2)CC1. The highest BCUT2D eigenvalue weighted by Gasteiger charge is 2.47. The fourth-order valence-corrected chi connectivity index (χ4v) is 5.80. The molecule has 0 amide bonds. The molecule has 1 spiro atoms. The van der Waals surface area contributed by atoms with Gasteiger partial charge in [0.05, 0.1) is 0 Å². The minimum atomic E-state index is 0.710. The normalized spacial score (nSPS) is 31.5. The molecule has 3 heterocycles. The van der Waals surface area contributed by atoms with Crippen LogP contribution in [0.3, 0.4) is 0 Å². The third-order valence-electron chi connectivity index (χ3n) is 7.72. The van der Waals surface area contributed by atoms with Crippen molar-refractivity contribution in [3.8, 4) is 0 Å². The van der Waals surface area contributed by atoms with Crippen molar-refractivity contribution in [3.63, 3.8) is 0 Å². The maximum absolute atomic E-state index is 2.84. The Hall–Kier alpha value is -0.120. The highest BCUT2D eigenvalue weighted by Crippen LogP contribution is 2.51. The molecule has 3 saturated heterocycles. The van der Waals surface area contributed by atoms with E-state index in [1.165, 1.54) is 90.8 Å². The fraction of sp³-hybridized carbons (Fsp3) is 1.00. The zero-order chi connectivity index (χ0) is 16.8. The van der Waals surface area contributed by atoms with Gasteiger partial charge in [-0.3, -0.25) is 9.80 Å². The lowest BCUT2D eigenvalue weighted by atomic mass is 9.71. The molecule has 4 fully saturated rings. The summed E-state index contributed by atoms with van der Waals surface area (Å²) in [5.41, 5.74) is 1.43. The van der Waals surface area contributed by atoms with Gasteiger partial charge < -0.3 is 4.90 Å². The molecule has 4 rings (SSSR count). The first kappa shape index (κ1) is 17.3.